The SMILES string of the molecule is CCOc1cc([C@@H]2NC(=O)NC(C)=C2C(=O)OC)ccc1OC[C@@H](O)N/N=C/c1cc(Cl)ccc1OCc1ccc([N+](=O)[O-])cc1. The quantitative estimate of drug-likeness (QED) is 0.0642. The van der Waals surface area contributed by atoms with Crippen molar-refractivity contribution >= 4 is 35.5 Å². The molecule has 15 heteroatoms. The Balaban J connectivity index is 1.39. The van der Waals surface area contributed by atoms with Gasteiger partial charge in [0.05, 0.1) is 36.5 Å². The number of esters is 1. The predicted octanol–water partition coefficient (Wildman–Crippen LogP) is 4.35. The van der Waals surface area contributed by atoms with Gasteiger partial charge in [-0.3, -0.25) is 15.5 Å². The van der Waals surface area contributed by atoms with E-state index in [1.54, 1.807) is 62.4 Å². The number of methoxy groups -OCH3 is 1. The van der Waals surface area contributed by atoms with Crippen molar-refractivity contribution in [3.8, 4) is 17.2 Å². The van der Waals surface area contributed by atoms with Crippen molar-refractivity contribution in [1.82, 2.24) is 16.1 Å². The molecule has 0 bridgehead atoms. The third-order valence-electron chi connectivity index (χ3n) is 6.61. The number of urea groups is 1. The Hall–Kier alpha value is -5.34. The van der Waals surface area contributed by atoms with Crippen LogP contribution in [-0.2, 0) is 16.1 Å². The topological polar surface area (TPSA) is 183 Å². The van der Waals surface area contributed by atoms with Crippen molar-refractivity contribution in [3.05, 3.63) is 104 Å². The number of rotatable bonds is 14. The summed E-state index contributed by atoms with van der Waals surface area (Å²) >= 11 is 6.15. The van der Waals surface area contributed by atoms with Crippen molar-refractivity contribution in [2.24, 2.45) is 5.10 Å². The number of nitrogens with zero attached hydrogens (tertiary/aromatic N) is 2. The van der Waals surface area contributed by atoms with Gasteiger partial charge in [-0.05, 0) is 67.4 Å². The summed E-state index contributed by atoms with van der Waals surface area (Å²) < 4.78 is 22.3. The largest absolute Gasteiger partial charge is 0.490 e. The van der Waals surface area contributed by atoms with Gasteiger partial charge in [-0.1, -0.05) is 17.7 Å². The van der Waals surface area contributed by atoms with Gasteiger partial charge in [0.25, 0.3) is 5.69 Å². The minimum atomic E-state index is -1.23. The fourth-order valence-electron chi connectivity index (χ4n) is 4.44. The fraction of sp³-hybridized carbons (Fsp3) is 0.258. The van der Waals surface area contributed by atoms with Crippen molar-refractivity contribution in [3.63, 3.8) is 0 Å². The highest BCUT2D eigenvalue weighted by molar-refractivity contribution is 6.30. The van der Waals surface area contributed by atoms with E-state index in [-0.39, 0.29) is 24.5 Å². The van der Waals surface area contributed by atoms with Gasteiger partial charge in [-0.25, -0.2) is 9.59 Å². The van der Waals surface area contributed by atoms with Gasteiger partial charge in [0, 0.05) is 28.4 Å². The Morgan fingerprint density at radius 1 is 1.11 bits per heavy atom. The van der Waals surface area contributed by atoms with Crippen LogP contribution in [0.4, 0.5) is 10.5 Å². The van der Waals surface area contributed by atoms with E-state index in [9.17, 15) is 24.8 Å². The molecule has 0 unspecified atom stereocenters. The van der Waals surface area contributed by atoms with E-state index >= 15 is 0 Å². The lowest BCUT2D eigenvalue weighted by molar-refractivity contribution is -0.384. The first-order valence-electron chi connectivity index (χ1n) is 14.0. The van der Waals surface area contributed by atoms with Crippen LogP contribution in [0.15, 0.2) is 77.0 Å². The van der Waals surface area contributed by atoms with Crippen molar-refractivity contribution < 1.29 is 38.6 Å². The molecule has 46 heavy (non-hydrogen) atoms. The molecular formula is C31H32ClN5O9. The Labute approximate surface area is 269 Å². The van der Waals surface area contributed by atoms with Crippen LogP contribution in [0.25, 0.3) is 0 Å². The number of hydrogen-bond acceptors (Lipinski definition) is 11. The third kappa shape index (κ3) is 8.64. The van der Waals surface area contributed by atoms with E-state index in [0.29, 0.717) is 45.7 Å². The van der Waals surface area contributed by atoms with E-state index in [1.807, 2.05) is 0 Å². The summed E-state index contributed by atoms with van der Waals surface area (Å²) in [4.78, 5) is 35.0. The molecule has 1 aliphatic heterocycles. The van der Waals surface area contributed by atoms with Gasteiger partial charge in [-0.2, -0.15) is 5.10 Å². The van der Waals surface area contributed by atoms with Crippen LogP contribution in [-0.4, -0.2) is 54.8 Å². The molecule has 1 aliphatic rings. The van der Waals surface area contributed by atoms with Gasteiger partial charge in [0.1, 0.15) is 19.0 Å². The summed E-state index contributed by atoms with van der Waals surface area (Å²) in [5.41, 5.74) is 4.97. The molecule has 3 aromatic carbocycles. The zero-order chi connectivity index (χ0) is 33.2. The number of nitrogens with one attached hydrogen (secondary N) is 3. The summed E-state index contributed by atoms with van der Waals surface area (Å²) in [7, 11) is 1.26. The van der Waals surface area contributed by atoms with Crippen LogP contribution in [0.2, 0.25) is 5.02 Å². The van der Waals surface area contributed by atoms with E-state index in [0.717, 1.165) is 5.56 Å². The number of aliphatic hydroxyl groups excluding tert-OH is 1. The number of amides is 2. The highest BCUT2D eigenvalue weighted by Crippen LogP contribution is 2.35. The number of non-ortho nitro benzene ring substituents is 1. The second-order valence-electron chi connectivity index (χ2n) is 9.81. The number of carbonyl (C=O) groups excluding carboxylic acids is 2. The highest BCUT2D eigenvalue weighted by Gasteiger charge is 2.32. The number of benzene rings is 3. The molecule has 4 rings (SSSR count). The van der Waals surface area contributed by atoms with Gasteiger partial charge in [0.2, 0.25) is 0 Å². The third-order valence-corrected chi connectivity index (χ3v) is 6.85. The molecule has 0 aliphatic carbocycles. The highest BCUT2D eigenvalue weighted by atomic mass is 35.5. The number of ether oxygens (including phenoxy) is 4. The van der Waals surface area contributed by atoms with Crippen molar-refractivity contribution in [2.45, 2.75) is 32.7 Å². The molecule has 0 aromatic heterocycles. The molecule has 0 fully saturated rings. The summed E-state index contributed by atoms with van der Waals surface area (Å²) in [6.45, 7) is 3.63. The lowest BCUT2D eigenvalue weighted by Crippen LogP contribution is -2.45. The molecule has 0 radical (unpaired) electrons. The van der Waals surface area contributed by atoms with Crippen LogP contribution in [0.5, 0.6) is 17.2 Å². The minimum absolute atomic E-state index is 0.0169. The van der Waals surface area contributed by atoms with Crippen LogP contribution in [0.3, 0.4) is 0 Å². The maximum Gasteiger partial charge on any atom is 0.337 e. The van der Waals surface area contributed by atoms with Gasteiger partial charge in [0.15, 0.2) is 17.7 Å². The molecule has 242 valence electrons. The Bertz CT molecular complexity index is 1650. The molecule has 0 saturated carbocycles. The second kappa shape index (κ2) is 15.6. The monoisotopic (exact) mass is 653 g/mol. The molecule has 0 spiro atoms. The maximum atomic E-state index is 12.4. The first-order valence-corrected chi connectivity index (χ1v) is 14.4. The zero-order valence-electron chi connectivity index (χ0n) is 25.1. The molecule has 4 N–H and O–H groups in total. The van der Waals surface area contributed by atoms with Crippen LogP contribution < -0.4 is 30.3 Å². The van der Waals surface area contributed by atoms with Gasteiger partial charge in [-0.15, -0.1) is 0 Å². The molecule has 0 saturated heterocycles. The number of nitro benzene ring substituents is 1. The average molecular weight is 654 g/mol. The standard InChI is InChI=1S/C31H32ClN5O9/c1-4-44-26-14-20(29-28(30(39)43-3)18(2)34-31(40)35-29)7-11-25(26)46-17-27(38)36-33-15-21-13-22(32)8-12-24(21)45-16-19-5-9-23(10-6-19)37(41)42/h5-15,27,29,36,38H,4,16-17H2,1-3H3,(H2,34,35,40)/b33-15+/t27-,29+/m1/s1. The fourth-order valence-corrected chi connectivity index (χ4v) is 4.62. The summed E-state index contributed by atoms with van der Waals surface area (Å²) in [6.07, 6.45) is 0.192. The first kappa shape index (κ1) is 33.6. The Morgan fingerprint density at radius 2 is 1.85 bits per heavy atom. The van der Waals surface area contributed by atoms with Crippen LogP contribution >= 0.6 is 11.6 Å². The Kier molecular flexibility index (Phi) is 11.4. The molecule has 2 amide bonds. The van der Waals surface area contributed by atoms with Gasteiger partial charge >= 0.3 is 12.0 Å². The number of allylic oxidation sites excluding steroid dienone is 1. The van der Waals surface area contributed by atoms with Crippen LogP contribution in [0.1, 0.15) is 36.6 Å². The number of hydrogen-bond donors (Lipinski definition) is 4. The lowest BCUT2D eigenvalue weighted by atomic mass is 9.95. The summed E-state index contributed by atoms with van der Waals surface area (Å²) in [5.74, 6) is 0.502. The van der Waals surface area contributed by atoms with E-state index in [2.05, 4.69) is 21.2 Å². The van der Waals surface area contributed by atoms with Crippen LogP contribution in [0, 0.1) is 10.1 Å². The van der Waals surface area contributed by atoms with E-state index < -0.39 is 29.2 Å². The molecule has 3 aromatic rings. The normalized spacial score (nSPS) is 15.1. The Morgan fingerprint density at radius 3 is 2.54 bits per heavy atom. The molecule has 1 heterocycles. The number of halogens is 1. The molecule has 14 nitrogen and oxygen atoms in total. The lowest BCUT2D eigenvalue weighted by Gasteiger charge is -2.28. The molecular weight excluding hydrogens is 622 g/mol. The van der Waals surface area contributed by atoms with Crippen molar-refractivity contribution in [2.75, 3.05) is 20.3 Å². The minimum Gasteiger partial charge on any atom is -0.490 e. The zero-order valence-corrected chi connectivity index (χ0v) is 25.9. The first-order chi connectivity index (χ1) is 22.1. The average Bonchev–Trinajstić information content (AvgIpc) is 3.03. The predicted molar refractivity (Wildman–Crippen MR) is 168 cm³/mol. The second-order valence-corrected chi connectivity index (χ2v) is 10.2. The van der Waals surface area contributed by atoms with E-state index in [4.69, 9.17) is 30.5 Å². The van der Waals surface area contributed by atoms with Gasteiger partial charge < -0.3 is 34.7 Å². The number of aliphatic hydroxyl groups is 1. The number of carbonyl (C=O) groups is 2. The maximum absolute atomic E-state index is 12.4. The molecule has 2 atom stereocenters. The van der Waals surface area contributed by atoms with Crippen molar-refractivity contribution in [1.29, 1.82) is 0 Å². The number of hydrazone groups is 1. The number of nitro groups is 1. The van der Waals surface area contributed by atoms with E-state index in [1.165, 1.54) is 25.5 Å². The summed E-state index contributed by atoms with van der Waals surface area (Å²) in [6, 6.07) is 14.6. The smallest absolute Gasteiger partial charge is 0.337 e. The summed E-state index contributed by atoms with van der Waals surface area (Å²) in [5, 5.41) is 31.2.